The number of hydrogen-bond acceptors (Lipinski definition) is 5. The molecule has 0 spiro atoms. The zero-order valence-electron chi connectivity index (χ0n) is 22.8. The van der Waals surface area contributed by atoms with Crippen molar-refractivity contribution in [3.05, 3.63) is 88.4 Å². The predicted octanol–water partition coefficient (Wildman–Crippen LogP) is 5.53. The molecule has 214 valence electrons. The second kappa shape index (κ2) is 13.9. The summed E-state index contributed by atoms with van der Waals surface area (Å²) in [5.74, 6) is -0.312. The number of carbonyl (C=O) groups is 2. The van der Waals surface area contributed by atoms with Gasteiger partial charge in [-0.05, 0) is 68.3 Å². The van der Waals surface area contributed by atoms with E-state index in [9.17, 15) is 18.0 Å². The van der Waals surface area contributed by atoms with Crippen LogP contribution in [-0.4, -0.2) is 50.9 Å². The number of amides is 2. The van der Waals surface area contributed by atoms with E-state index in [-0.39, 0.29) is 39.1 Å². The van der Waals surface area contributed by atoms with E-state index in [1.165, 1.54) is 35.2 Å². The van der Waals surface area contributed by atoms with Crippen LogP contribution in [0.5, 0.6) is 5.75 Å². The average Bonchev–Trinajstić information content (AvgIpc) is 2.96. The molecule has 0 fully saturated rings. The van der Waals surface area contributed by atoms with Crippen molar-refractivity contribution in [2.75, 3.05) is 18.0 Å². The standard InChI is InChI=1S/C29H33Cl2N3O5S/c1-5-20(2)32-29(36)21(3)33(18-22-11-14-24(39-4)15-12-22)28(35)19-34(27-17-23(30)13-16-26(27)31)40(37,38)25-9-7-6-8-10-25/h6-17,20-21H,5,18-19H2,1-4H3,(H,32,36)/t20-,21+/m0/s1. The van der Waals surface area contributed by atoms with Crippen LogP contribution in [-0.2, 0) is 26.2 Å². The fraction of sp³-hybridized carbons (Fsp3) is 0.310. The number of sulfonamides is 1. The van der Waals surface area contributed by atoms with Crippen molar-refractivity contribution < 1.29 is 22.7 Å². The average molecular weight is 607 g/mol. The van der Waals surface area contributed by atoms with E-state index >= 15 is 0 Å². The van der Waals surface area contributed by atoms with Crippen LogP contribution >= 0.6 is 23.2 Å². The molecule has 8 nitrogen and oxygen atoms in total. The predicted molar refractivity (Wildman–Crippen MR) is 158 cm³/mol. The van der Waals surface area contributed by atoms with Gasteiger partial charge >= 0.3 is 0 Å². The van der Waals surface area contributed by atoms with E-state index in [2.05, 4.69) is 5.32 Å². The SMILES string of the molecule is CC[C@H](C)NC(=O)[C@@H](C)N(Cc1ccc(OC)cc1)C(=O)CN(c1cc(Cl)ccc1Cl)S(=O)(=O)c1ccccc1. The molecule has 2 amide bonds. The summed E-state index contributed by atoms with van der Waals surface area (Å²) in [7, 11) is -2.70. The first-order valence-corrected chi connectivity index (χ1v) is 14.9. The molecule has 1 N–H and O–H groups in total. The number of halogens is 2. The fourth-order valence-electron chi connectivity index (χ4n) is 3.89. The minimum Gasteiger partial charge on any atom is -0.497 e. The number of nitrogens with one attached hydrogen (secondary N) is 1. The second-order valence-electron chi connectivity index (χ2n) is 9.28. The molecule has 0 saturated heterocycles. The van der Waals surface area contributed by atoms with Crippen molar-refractivity contribution in [2.24, 2.45) is 0 Å². The summed E-state index contributed by atoms with van der Waals surface area (Å²) in [5, 5.41) is 3.25. The van der Waals surface area contributed by atoms with Gasteiger partial charge in [0.25, 0.3) is 10.0 Å². The van der Waals surface area contributed by atoms with Crippen molar-refractivity contribution in [1.82, 2.24) is 10.2 Å². The monoisotopic (exact) mass is 605 g/mol. The van der Waals surface area contributed by atoms with Crippen LogP contribution in [0.3, 0.4) is 0 Å². The van der Waals surface area contributed by atoms with Crippen molar-refractivity contribution in [2.45, 2.75) is 50.7 Å². The Morgan fingerprint density at radius 3 is 2.23 bits per heavy atom. The Labute approximate surface area is 245 Å². The third-order valence-electron chi connectivity index (χ3n) is 6.47. The third kappa shape index (κ3) is 7.68. The van der Waals surface area contributed by atoms with Crippen LogP contribution in [0.2, 0.25) is 10.0 Å². The lowest BCUT2D eigenvalue weighted by atomic mass is 10.1. The van der Waals surface area contributed by atoms with E-state index in [1.807, 2.05) is 13.8 Å². The number of rotatable bonds is 12. The van der Waals surface area contributed by atoms with Crippen LogP contribution in [0.4, 0.5) is 5.69 Å². The Kier molecular flexibility index (Phi) is 10.8. The Balaban J connectivity index is 2.05. The van der Waals surface area contributed by atoms with Gasteiger partial charge in [-0.1, -0.05) is 60.5 Å². The molecule has 0 aromatic heterocycles. The number of nitrogens with zero attached hydrogens (tertiary/aromatic N) is 2. The van der Waals surface area contributed by atoms with Gasteiger partial charge in [0.2, 0.25) is 11.8 Å². The summed E-state index contributed by atoms with van der Waals surface area (Å²) in [5.41, 5.74) is 0.781. The summed E-state index contributed by atoms with van der Waals surface area (Å²) in [6, 6.07) is 18.2. The van der Waals surface area contributed by atoms with E-state index in [0.717, 1.165) is 9.87 Å². The highest BCUT2D eigenvalue weighted by Crippen LogP contribution is 2.33. The molecule has 0 saturated carbocycles. The highest BCUT2D eigenvalue weighted by molar-refractivity contribution is 7.92. The van der Waals surface area contributed by atoms with Crippen molar-refractivity contribution >= 4 is 50.7 Å². The summed E-state index contributed by atoms with van der Waals surface area (Å²) in [6.07, 6.45) is 0.710. The zero-order chi connectivity index (χ0) is 29.4. The molecule has 3 rings (SSSR count). The molecule has 2 atom stereocenters. The minimum absolute atomic E-state index is 0.0249. The lowest BCUT2D eigenvalue weighted by molar-refractivity contribution is -0.139. The van der Waals surface area contributed by atoms with Crippen molar-refractivity contribution in [1.29, 1.82) is 0 Å². The number of carbonyl (C=O) groups excluding carboxylic acids is 2. The van der Waals surface area contributed by atoms with Gasteiger partial charge in [0.1, 0.15) is 18.3 Å². The Morgan fingerprint density at radius 1 is 0.975 bits per heavy atom. The van der Waals surface area contributed by atoms with Crippen LogP contribution in [0.1, 0.15) is 32.8 Å². The van der Waals surface area contributed by atoms with E-state index < -0.39 is 28.5 Å². The van der Waals surface area contributed by atoms with E-state index in [1.54, 1.807) is 56.5 Å². The summed E-state index contributed by atoms with van der Waals surface area (Å²) < 4.78 is 33.8. The molecule has 0 unspecified atom stereocenters. The number of ether oxygens (including phenoxy) is 1. The maximum Gasteiger partial charge on any atom is 0.264 e. The van der Waals surface area contributed by atoms with Gasteiger partial charge in [0.15, 0.2) is 0 Å². The molecule has 0 radical (unpaired) electrons. The number of hydrogen-bond donors (Lipinski definition) is 1. The van der Waals surface area contributed by atoms with Crippen LogP contribution in [0.15, 0.2) is 77.7 Å². The van der Waals surface area contributed by atoms with E-state index in [4.69, 9.17) is 27.9 Å². The Morgan fingerprint density at radius 2 is 1.62 bits per heavy atom. The maximum absolute atomic E-state index is 14.0. The lowest BCUT2D eigenvalue weighted by Gasteiger charge is -2.32. The van der Waals surface area contributed by atoms with Gasteiger partial charge < -0.3 is 15.0 Å². The number of anilines is 1. The fourth-order valence-corrected chi connectivity index (χ4v) is 5.77. The quantitative estimate of drug-likeness (QED) is 0.293. The largest absolute Gasteiger partial charge is 0.497 e. The molecular weight excluding hydrogens is 573 g/mol. The number of methoxy groups -OCH3 is 1. The third-order valence-corrected chi connectivity index (χ3v) is 8.80. The first kappa shape index (κ1) is 31.3. The van der Waals surface area contributed by atoms with Crippen LogP contribution < -0.4 is 14.4 Å². The molecule has 40 heavy (non-hydrogen) atoms. The van der Waals surface area contributed by atoms with Crippen molar-refractivity contribution in [3.63, 3.8) is 0 Å². The van der Waals surface area contributed by atoms with Gasteiger partial charge in [-0.2, -0.15) is 0 Å². The van der Waals surface area contributed by atoms with Gasteiger partial charge in [0, 0.05) is 17.6 Å². The molecule has 3 aromatic rings. The highest BCUT2D eigenvalue weighted by Gasteiger charge is 2.33. The molecule has 0 aliphatic carbocycles. The Bertz CT molecular complexity index is 1420. The van der Waals surface area contributed by atoms with E-state index in [0.29, 0.717) is 12.2 Å². The zero-order valence-corrected chi connectivity index (χ0v) is 25.1. The molecule has 3 aromatic carbocycles. The van der Waals surface area contributed by atoms with Gasteiger partial charge in [-0.3, -0.25) is 13.9 Å². The molecule has 0 heterocycles. The van der Waals surface area contributed by atoms with Crippen molar-refractivity contribution in [3.8, 4) is 5.75 Å². The summed E-state index contributed by atoms with van der Waals surface area (Å²) >= 11 is 12.6. The lowest BCUT2D eigenvalue weighted by Crippen LogP contribution is -2.52. The molecule has 0 bridgehead atoms. The molecule has 0 aliphatic heterocycles. The van der Waals surface area contributed by atoms with Gasteiger partial charge in [-0.15, -0.1) is 0 Å². The summed E-state index contributed by atoms with van der Waals surface area (Å²) in [4.78, 5) is 28.4. The highest BCUT2D eigenvalue weighted by atomic mass is 35.5. The Hall–Kier alpha value is -3.27. The topological polar surface area (TPSA) is 96.0 Å². The van der Waals surface area contributed by atoms with Gasteiger partial charge in [-0.25, -0.2) is 8.42 Å². The second-order valence-corrected chi connectivity index (χ2v) is 12.0. The van der Waals surface area contributed by atoms with Crippen LogP contribution in [0, 0.1) is 0 Å². The minimum atomic E-state index is -4.25. The summed E-state index contributed by atoms with van der Waals surface area (Å²) in [6.45, 7) is 4.86. The molecule has 11 heteroatoms. The van der Waals surface area contributed by atoms with Crippen LogP contribution in [0.25, 0.3) is 0 Å². The molecular formula is C29H33Cl2N3O5S. The first-order chi connectivity index (χ1) is 19.0. The smallest absolute Gasteiger partial charge is 0.264 e. The first-order valence-electron chi connectivity index (χ1n) is 12.7. The maximum atomic E-state index is 14.0. The normalized spacial score (nSPS) is 12.8. The molecule has 0 aliphatic rings. The number of benzene rings is 3. The van der Waals surface area contributed by atoms with Gasteiger partial charge in [0.05, 0.1) is 22.7 Å².